The van der Waals surface area contributed by atoms with E-state index >= 15 is 0 Å². The molecule has 0 atom stereocenters. The Bertz CT molecular complexity index is 559. The van der Waals surface area contributed by atoms with Crippen molar-refractivity contribution in [2.75, 3.05) is 0 Å². The monoisotopic (exact) mass is 250 g/mol. The predicted octanol–water partition coefficient (Wildman–Crippen LogP) is 4.10. The first kappa shape index (κ1) is 12.4. The maximum absolute atomic E-state index is 12.3. The quantitative estimate of drug-likeness (QED) is 0.733. The summed E-state index contributed by atoms with van der Waals surface area (Å²) in [4.78, 5) is 11.1. The van der Waals surface area contributed by atoms with Gasteiger partial charge in [-0.25, -0.2) is 0 Å². The minimum atomic E-state index is -4.84. The van der Waals surface area contributed by atoms with Crippen molar-refractivity contribution < 1.29 is 18.0 Å². The fourth-order valence-corrected chi connectivity index (χ4v) is 1.63. The van der Waals surface area contributed by atoms with Crippen LogP contribution in [0.1, 0.15) is 10.4 Å². The van der Waals surface area contributed by atoms with E-state index in [0.29, 0.717) is 5.56 Å². The highest BCUT2D eigenvalue weighted by molar-refractivity contribution is 6.01. The van der Waals surface area contributed by atoms with Gasteiger partial charge < -0.3 is 0 Å². The summed E-state index contributed by atoms with van der Waals surface area (Å²) in [5, 5.41) is 0. The Balaban J connectivity index is 2.41. The Morgan fingerprint density at radius 3 is 2.06 bits per heavy atom. The second-order valence-corrected chi connectivity index (χ2v) is 3.77. The van der Waals surface area contributed by atoms with E-state index in [1.54, 1.807) is 30.3 Å². The van der Waals surface area contributed by atoms with Crippen LogP contribution in [0.25, 0.3) is 11.1 Å². The largest absolute Gasteiger partial charge is 0.454 e. The van der Waals surface area contributed by atoms with Crippen LogP contribution in [0.5, 0.6) is 0 Å². The van der Waals surface area contributed by atoms with Crippen molar-refractivity contribution in [1.29, 1.82) is 0 Å². The molecule has 0 fully saturated rings. The number of carbonyl (C=O) groups excluding carboxylic acids is 1. The molecule has 0 bridgehead atoms. The van der Waals surface area contributed by atoms with E-state index in [2.05, 4.69) is 0 Å². The van der Waals surface area contributed by atoms with Crippen LogP contribution in [-0.2, 0) is 0 Å². The van der Waals surface area contributed by atoms with Crippen molar-refractivity contribution in [1.82, 2.24) is 0 Å². The summed E-state index contributed by atoms with van der Waals surface area (Å²) in [6.07, 6.45) is -4.84. The summed E-state index contributed by atoms with van der Waals surface area (Å²) in [5.41, 5.74) is 1.02. The lowest BCUT2D eigenvalue weighted by Crippen LogP contribution is -2.22. The number of Topliss-reactive ketones (excluding diaryl/α,β-unsaturated/α-hetero) is 1. The Labute approximate surface area is 102 Å². The molecule has 0 spiro atoms. The van der Waals surface area contributed by atoms with Gasteiger partial charge in [0.1, 0.15) is 0 Å². The number of hydrogen-bond donors (Lipinski definition) is 0. The van der Waals surface area contributed by atoms with Crippen LogP contribution in [-0.4, -0.2) is 12.0 Å². The van der Waals surface area contributed by atoms with Crippen LogP contribution < -0.4 is 0 Å². The molecule has 2 rings (SSSR count). The van der Waals surface area contributed by atoms with Crippen molar-refractivity contribution in [3.8, 4) is 11.1 Å². The SMILES string of the molecule is O=C(c1cccc(-c2ccccc2)c1)C(F)(F)F. The van der Waals surface area contributed by atoms with Gasteiger partial charge in [-0.2, -0.15) is 13.2 Å². The van der Waals surface area contributed by atoms with Crippen LogP contribution in [0.4, 0.5) is 13.2 Å². The number of carbonyl (C=O) groups is 1. The van der Waals surface area contributed by atoms with E-state index in [4.69, 9.17) is 0 Å². The van der Waals surface area contributed by atoms with Gasteiger partial charge in [-0.1, -0.05) is 48.5 Å². The van der Waals surface area contributed by atoms with E-state index in [9.17, 15) is 18.0 Å². The molecule has 0 N–H and O–H groups in total. The zero-order valence-electron chi connectivity index (χ0n) is 9.24. The number of halogens is 3. The lowest BCUT2D eigenvalue weighted by molar-refractivity contribution is -0.0885. The number of ketones is 1. The molecule has 0 aliphatic heterocycles. The van der Waals surface area contributed by atoms with Gasteiger partial charge >= 0.3 is 6.18 Å². The van der Waals surface area contributed by atoms with Gasteiger partial charge in [0.15, 0.2) is 0 Å². The Hall–Kier alpha value is -2.10. The lowest BCUT2D eigenvalue weighted by Gasteiger charge is -2.07. The first-order valence-electron chi connectivity index (χ1n) is 5.25. The van der Waals surface area contributed by atoms with Crippen molar-refractivity contribution in [3.63, 3.8) is 0 Å². The van der Waals surface area contributed by atoms with Crippen molar-refractivity contribution in [3.05, 3.63) is 60.2 Å². The minimum Gasteiger partial charge on any atom is -0.284 e. The summed E-state index contributed by atoms with van der Waals surface area (Å²) in [7, 11) is 0. The maximum Gasteiger partial charge on any atom is 0.454 e. The molecular formula is C14H9F3O. The molecule has 2 aromatic carbocycles. The molecule has 1 nitrogen and oxygen atoms in total. The summed E-state index contributed by atoms with van der Waals surface area (Å²) < 4.78 is 37.0. The Morgan fingerprint density at radius 1 is 0.833 bits per heavy atom. The zero-order valence-corrected chi connectivity index (χ0v) is 9.24. The first-order chi connectivity index (χ1) is 8.48. The van der Waals surface area contributed by atoms with Gasteiger partial charge in [-0.05, 0) is 17.2 Å². The summed E-state index contributed by atoms with van der Waals surface area (Å²) in [6.45, 7) is 0. The molecule has 18 heavy (non-hydrogen) atoms. The van der Waals surface area contributed by atoms with E-state index < -0.39 is 12.0 Å². The highest BCUT2D eigenvalue weighted by Gasteiger charge is 2.39. The molecule has 4 heteroatoms. The topological polar surface area (TPSA) is 17.1 Å². The maximum atomic E-state index is 12.3. The Morgan fingerprint density at radius 2 is 1.44 bits per heavy atom. The van der Waals surface area contributed by atoms with Gasteiger partial charge in [0.25, 0.3) is 5.78 Å². The van der Waals surface area contributed by atoms with Gasteiger partial charge in [0.05, 0.1) is 0 Å². The van der Waals surface area contributed by atoms with E-state index in [1.165, 1.54) is 18.2 Å². The molecule has 0 amide bonds. The molecule has 0 radical (unpaired) electrons. The number of rotatable bonds is 2. The number of benzene rings is 2. The van der Waals surface area contributed by atoms with Crippen LogP contribution in [0, 0.1) is 0 Å². The van der Waals surface area contributed by atoms with Crippen molar-refractivity contribution >= 4 is 5.78 Å². The first-order valence-corrected chi connectivity index (χ1v) is 5.25. The molecule has 0 unspecified atom stereocenters. The fraction of sp³-hybridized carbons (Fsp3) is 0.0714. The molecule has 92 valence electrons. The summed E-state index contributed by atoms with van der Waals surface area (Å²) in [6, 6.07) is 14.5. The molecule has 0 heterocycles. The van der Waals surface area contributed by atoms with Crippen LogP contribution in [0.15, 0.2) is 54.6 Å². The lowest BCUT2D eigenvalue weighted by atomic mass is 10.0. The molecule has 0 aliphatic carbocycles. The van der Waals surface area contributed by atoms with E-state index in [-0.39, 0.29) is 5.56 Å². The third-order valence-electron chi connectivity index (χ3n) is 2.49. The number of hydrogen-bond acceptors (Lipinski definition) is 1. The fourth-order valence-electron chi connectivity index (χ4n) is 1.63. The van der Waals surface area contributed by atoms with E-state index in [1.807, 2.05) is 6.07 Å². The minimum absolute atomic E-state index is 0.344. The van der Waals surface area contributed by atoms with Gasteiger partial charge in [0, 0.05) is 5.56 Å². The third kappa shape index (κ3) is 2.59. The number of alkyl halides is 3. The highest BCUT2D eigenvalue weighted by atomic mass is 19.4. The van der Waals surface area contributed by atoms with Crippen LogP contribution in [0.3, 0.4) is 0 Å². The van der Waals surface area contributed by atoms with Gasteiger partial charge in [0.2, 0.25) is 0 Å². The molecular weight excluding hydrogens is 241 g/mol. The second-order valence-electron chi connectivity index (χ2n) is 3.77. The smallest absolute Gasteiger partial charge is 0.284 e. The predicted molar refractivity (Wildman–Crippen MR) is 62.3 cm³/mol. The van der Waals surface area contributed by atoms with E-state index in [0.717, 1.165) is 5.56 Å². The highest BCUT2D eigenvalue weighted by Crippen LogP contribution is 2.25. The molecule has 0 saturated heterocycles. The van der Waals surface area contributed by atoms with Gasteiger partial charge in [-0.3, -0.25) is 4.79 Å². The Kier molecular flexibility index (Phi) is 3.19. The standard InChI is InChI=1S/C14H9F3O/c15-14(16,17)13(18)12-8-4-7-11(9-12)10-5-2-1-3-6-10/h1-9H. The molecule has 2 aromatic rings. The van der Waals surface area contributed by atoms with Crippen LogP contribution in [0.2, 0.25) is 0 Å². The average molecular weight is 250 g/mol. The third-order valence-corrected chi connectivity index (χ3v) is 2.49. The molecule has 0 saturated carbocycles. The summed E-state index contributed by atoms with van der Waals surface area (Å²) in [5.74, 6) is -1.82. The molecule has 0 aliphatic rings. The van der Waals surface area contributed by atoms with Gasteiger partial charge in [-0.15, -0.1) is 0 Å². The second kappa shape index (κ2) is 4.64. The normalized spacial score (nSPS) is 11.3. The molecule has 0 aromatic heterocycles. The van der Waals surface area contributed by atoms with Crippen LogP contribution >= 0.6 is 0 Å². The van der Waals surface area contributed by atoms with Crippen molar-refractivity contribution in [2.45, 2.75) is 6.18 Å². The summed E-state index contributed by atoms with van der Waals surface area (Å²) >= 11 is 0. The zero-order chi connectivity index (χ0) is 13.2. The average Bonchev–Trinajstić information content (AvgIpc) is 2.38. The van der Waals surface area contributed by atoms with Crippen molar-refractivity contribution in [2.24, 2.45) is 0 Å².